The number of imidazole rings is 1. The molecular formula is C10H18N2OS. The van der Waals surface area contributed by atoms with Crippen LogP contribution in [-0.4, -0.2) is 26.5 Å². The van der Waals surface area contributed by atoms with Gasteiger partial charge in [0.15, 0.2) is 0 Å². The number of thioether (sulfide) groups is 1. The molecule has 1 aromatic heterocycles. The number of aliphatic hydroxyl groups is 1. The van der Waals surface area contributed by atoms with Gasteiger partial charge in [-0.2, -0.15) is 11.8 Å². The van der Waals surface area contributed by atoms with Crippen molar-refractivity contribution in [2.75, 3.05) is 6.61 Å². The fraction of sp³-hybridized carbons (Fsp3) is 0.700. The number of nitrogens with zero attached hydrogens (tertiary/aromatic N) is 2. The van der Waals surface area contributed by atoms with E-state index in [-0.39, 0.29) is 6.61 Å². The second-order valence-corrected chi connectivity index (χ2v) is 4.69. The SMILES string of the molecule is CCn1ccnc1CSC(C)CCO. The molecule has 1 heterocycles. The van der Waals surface area contributed by atoms with Gasteiger partial charge in [-0.25, -0.2) is 4.98 Å². The van der Waals surface area contributed by atoms with E-state index < -0.39 is 0 Å². The molecule has 3 nitrogen and oxygen atoms in total. The number of hydrogen-bond donors (Lipinski definition) is 1. The van der Waals surface area contributed by atoms with Crippen LogP contribution >= 0.6 is 11.8 Å². The molecule has 0 aliphatic carbocycles. The van der Waals surface area contributed by atoms with Crippen molar-refractivity contribution in [3.05, 3.63) is 18.2 Å². The quantitative estimate of drug-likeness (QED) is 0.786. The van der Waals surface area contributed by atoms with E-state index in [0.29, 0.717) is 5.25 Å². The van der Waals surface area contributed by atoms with Crippen molar-refractivity contribution >= 4 is 11.8 Å². The predicted octanol–water partition coefficient (Wildman–Crippen LogP) is 1.91. The van der Waals surface area contributed by atoms with Crippen LogP contribution in [0.15, 0.2) is 12.4 Å². The molecule has 0 fully saturated rings. The summed E-state index contributed by atoms with van der Waals surface area (Å²) in [7, 11) is 0. The van der Waals surface area contributed by atoms with Crippen molar-refractivity contribution in [1.82, 2.24) is 9.55 Å². The zero-order chi connectivity index (χ0) is 10.4. The number of rotatable bonds is 6. The number of aromatic nitrogens is 2. The Hall–Kier alpha value is -0.480. The smallest absolute Gasteiger partial charge is 0.118 e. The summed E-state index contributed by atoms with van der Waals surface area (Å²) in [5.41, 5.74) is 0. The summed E-state index contributed by atoms with van der Waals surface area (Å²) in [6.45, 7) is 5.51. The third-order valence-corrected chi connectivity index (χ3v) is 3.40. The van der Waals surface area contributed by atoms with Crippen LogP contribution in [0.2, 0.25) is 0 Å². The zero-order valence-corrected chi connectivity index (χ0v) is 9.63. The lowest BCUT2D eigenvalue weighted by molar-refractivity contribution is 0.289. The normalized spacial score (nSPS) is 13.1. The summed E-state index contributed by atoms with van der Waals surface area (Å²) in [6.07, 6.45) is 4.71. The van der Waals surface area contributed by atoms with Crippen LogP contribution in [0.3, 0.4) is 0 Å². The van der Waals surface area contributed by atoms with Crippen molar-refractivity contribution < 1.29 is 5.11 Å². The Morgan fingerprint density at radius 2 is 2.43 bits per heavy atom. The van der Waals surface area contributed by atoms with Crippen LogP contribution in [0.4, 0.5) is 0 Å². The molecule has 80 valence electrons. The van der Waals surface area contributed by atoms with Crippen LogP contribution in [-0.2, 0) is 12.3 Å². The molecule has 0 spiro atoms. The summed E-state index contributed by atoms with van der Waals surface area (Å²) < 4.78 is 2.15. The maximum atomic E-state index is 8.76. The van der Waals surface area contributed by atoms with Gasteiger partial charge < -0.3 is 9.67 Å². The summed E-state index contributed by atoms with van der Waals surface area (Å²) in [6, 6.07) is 0. The molecule has 4 heteroatoms. The van der Waals surface area contributed by atoms with Gasteiger partial charge in [-0.3, -0.25) is 0 Å². The van der Waals surface area contributed by atoms with Crippen molar-refractivity contribution in [1.29, 1.82) is 0 Å². The highest BCUT2D eigenvalue weighted by molar-refractivity contribution is 7.99. The van der Waals surface area contributed by atoms with Crippen molar-refractivity contribution in [3.63, 3.8) is 0 Å². The topological polar surface area (TPSA) is 38.0 Å². The molecular weight excluding hydrogens is 196 g/mol. The summed E-state index contributed by atoms with van der Waals surface area (Å²) in [4.78, 5) is 4.30. The minimum absolute atomic E-state index is 0.274. The van der Waals surface area contributed by atoms with Crippen molar-refractivity contribution in [2.24, 2.45) is 0 Å². The average Bonchev–Trinajstić information content (AvgIpc) is 2.62. The fourth-order valence-electron chi connectivity index (χ4n) is 1.25. The van der Waals surface area contributed by atoms with Gasteiger partial charge >= 0.3 is 0 Å². The first kappa shape index (κ1) is 11.6. The van der Waals surface area contributed by atoms with Gasteiger partial charge in [0.1, 0.15) is 5.82 Å². The Morgan fingerprint density at radius 1 is 1.64 bits per heavy atom. The molecule has 0 amide bonds. The first-order valence-corrected chi connectivity index (χ1v) is 6.05. The Bertz CT molecular complexity index is 262. The highest BCUT2D eigenvalue weighted by atomic mass is 32.2. The van der Waals surface area contributed by atoms with E-state index in [4.69, 9.17) is 5.11 Å². The molecule has 0 radical (unpaired) electrons. The first-order valence-electron chi connectivity index (χ1n) is 5.00. The standard InChI is InChI=1S/C10H18N2OS/c1-3-12-6-5-11-10(12)8-14-9(2)4-7-13/h5-6,9,13H,3-4,7-8H2,1-2H3. The lowest BCUT2D eigenvalue weighted by Gasteiger charge is -2.09. The van der Waals surface area contributed by atoms with Gasteiger partial charge in [0, 0.05) is 30.8 Å². The van der Waals surface area contributed by atoms with E-state index in [1.54, 1.807) is 0 Å². The fourth-order valence-corrected chi connectivity index (χ4v) is 2.20. The second kappa shape index (κ2) is 6.09. The monoisotopic (exact) mass is 214 g/mol. The Morgan fingerprint density at radius 3 is 3.07 bits per heavy atom. The Balaban J connectivity index is 2.37. The maximum absolute atomic E-state index is 8.76. The van der Waals surface area contributed by atoms with Gasteiger partial charge in [-0.1, -0.05) is 6.92 Å². The molecule has 0 aromatic carbocycles. The number of aliphatic hydroxyl groups excluding tert-OH is 1. The van der Waals surface area contributed by atoms with Crippen molar-refractivity contribution in [3.8, 4) is 0 Å². The van der Waals surface area contributed by atoms with Crippen LogP contribution in [0.1, 0.15) is 26.1 Å². The summed E-state index contributed by atoms with van der Waals surface area (Å²) in [5, 5.41) is 9.26. The highest BCUT2D eigenvalue weighted by Crippen LogP contribution is 2.18. The van der Waals surface area contributed by atoms with Gasteiger partial charge in [-0.15, -0.1) is 0 Å². The van der Waals surface area contributed by atoms with Crippen LogP contribution in [0, 0.1) is 0 Å². The molecule has 1 unspecified atom stereocenters. The third kappa shape index (κ3) is 3.35. The predicted molar refractivity (Wildman–Crippen MR) is 60.4 cm³/mol. The Kier molecular flexibility index (Phi) is 5.04. The molecule has 14 heavy (non-hydrogen) atoms. The molecule has 1 atom stereocenters. The van der Waals surface area contributed by atoms with Gasteiger partial charge in [-0.05, 0) is 13.3 Å². The molecule has 1 rings (SSSR count). The zero-order valence-electron chi connectivity index (χ0n) is 8.81. The lowest BCUT2D eigenvalue weighted by atomic mass is 10.3. The minimum atomic E-state index is 0.274. The molecule has 0 bridgehead atoms. The highest BCUT2D eigenvalue weighted by Gasteiger charge is 2.05. The van der Waals surface area contributed by atoms with Gasteiger partial charge in [0.25, 0.3) is 0 Å². The summed E-state index contributed by atoms with van der Waals surface area (Å²) in [5.74, 6) is 2.06. The minimum Gasteiger partial charge on any atom is -0.396 e. The van der Waals surface area contributed by atoms with E-state index in [1.165, 1.54) is 0 Å². The average molecular weight is 214 g/mol. The maximum Gasteiger partial charge on any atom is 0.118 e. The third-order valence-electron chi connectivity index (χ3n) is 2.17. The molecule has 1 aromatic rings. The second-order valence-electron chi connectivity index (χ2n) is 3.26. The summed E-state index contributed by atoms with van der Waals surface area (Å²) >= 11 is 1.84. The number of hydrogen-bond acceptors (Lipinski definition) is 3. The molecule has 1 N–H and O–H groups in total. The van der Waals surface area contributed by atoms with E-state index in [0.717, 1.165) is 24.5 Å². The van der Waals surface area contributed by atoms with E-state index in [9.17, 15) is 0 Å². The Labute approximate surface area is 89.5 Å². The molecule has 0 saturated heterocycles. The largest absolute Gasteiger partial charge is 0.396 e. The van der Waals surface area contributed by atoms with Crippen molar-refractivity contribution in [2.45, 2.75) is 37.8 Å². The van der Waals surface area contributed by atoms with Gasteiger partial charge in [0.2, 0.25) is 0 Å². The molecule has 0 saturated carbocycles. The van der Waals surface area contributed by atoms with E-state index >= 15 is 0 Å². The van der Waals surface area contributed by atoms with E-state index in [1.807, 2.05) is 24.2 Å². The van der Waals surface area contributed by atoms with Crippen LogP contribution < -0.4 is 0 Å². The first-order chi connectivity index (χ1) is 6.77. The molecule has 0 aliphatic heterocycles. The van der Waals surface area contributed by atoms with E-state index in [2.05, 4.69) is 23.4 Å². The lowest BCUT2D eigenvalue weighted by Crippen LogP contribution is -2.04. The van der Waals surface area contributed by atoms with Crippen LogP contribution in [0.25, 0.3) is 0 Å². The number of aryl methyl sites for hydroxylation is 1. The van der Waals surface area contributed by atoms with Crippen LogP contribution in [0.5, 0.6) is 0 Å². The van der Waals surface area contributed by atoms with Gasteiger partial charge in [0.05, 0.1) is 5.75 Å². The molecule has 0 aliphatic rings.